The minimum atomic E-state index is -0.364. The number of benzene rings is 1. The van der Waals surface area contributed by atoms with Gasteiger partial charge in [0, 0.05) is 18.7 Å². The van der Waals surface area contributed by atoms with E-state index in [4.69, 9.17) is 23.1 Å². The molecule has 1 rings (SSSR count). The molecule has 0 saturated heterocycles. The number of anilines is 1. The highest BCUT2D eigenvalue weighted by molar-refractivity contribution is 7.80. The van der Waals surface area contributed by atoms with Crippen LogP contribution < -0.4 is 10.6 Å². The van der Waals surface area contributed by atoms with Crippen molar-refractivity contribution in [2.75, 3.05) is 24.6 Å². The van der Waals surface area contributed by atoms with Crippen LogP contribution in [0.15, 0.2) is 18.2 Å². The fraction of sp³-hybridized carbons (Fsp3) is 0.417. The lowest BCUT2D eigenvalue weighted by Gasteiger charge is -2.24. The van der Waals surface area contributed by atoms with Crippen molar-refractivity contribution in [3.05, 3.63) is 29.6 Å². The molecule has 0 spiro atoms. The smallest absolute Gasteiger partial charge is 0.147 e. The quantitative estimate of drug-likeness (QED) is 0.760. The molecule has 0 fully saturated rings. The van der Waals surface area contributed by atoms with Gasteiger partial charge in [0.05, 0.1) is 12.3 Å². The summed E-state index contributed by atoms with van der Waals surface area (Å²) in [7, 11) is 0. The Balaban J connectivity index is 2.99. The van der Waals surface area contributed by atoms with Gasteiger partial charge in [-0.1, -0.05) is 19.1 Å². The van der Waals surface area contributed by atoms with Gasteiger partial charge in [0.25, 0.3) is 0 Å². The maximum absolute atomic E-state index is 13.9. The zero-order valence-corrected chi connectivity index (χ0v) is 10.6. The first-order chi connectivity index (χ1) is 8.10. The van der Waals surface area contributed by atoms with Crippen LogP contribution in [-0.2, 0) is 0 Å². The number of hydrogen-bond acceptors (Lipinski definition) is 3. The highest BCUT2D eigenvalue weighted by Crippen LogP contribution is 2.20. The molecular formula is C12H17FN2OS. The molecule has 0 aliphatic heterocycles. The zero-order chi connectivity index (χ0) is 12.8. The van der Waals surface area contributed by atoms with E-state index in [2.05, 4.69) is 0 Å². The summed E-state index contributed by atoms with van der Waals surface area (Å²) in [6, 6.07) is 4.67. The highest BCUT2D eigenvalue weighted by atomic mass is 32.1. The summed E-state index contributed by atoms with van der Waals surface area (Å²) in [6.07, 6.45) is 0.885. The van der Waals surface area contributed by atoms with Crippen LogP contribution in [0.2, 0.25) is 0 Å². The Morgan fingerprint density at radius 2 is 2.18 bits per heavy atom. The maximum Gasteiger partial charge on any atom is 0.147 e. The number of halogens is 1. The van der Waals surface area contributed by atoms with Crippen molar-refractivity contribution in [3.63, 3.8) is 0 Å². The molecule has 0 bridgehead atoms. The van der Waals surface area contributed by atoms with Gasteiger partial charge in [-0.05, 0) is 24.6 Å². The van der Waals surface area contributed by atoms with Crippen LogP contribution in [0.25, 0.3) is 0 Å². The first-order valence-corrected chi connectivity index (χ1v) is 5.96. The van der Waals surface area contributed by atoms with Crippen molar-refractivity contribution in [2.24, 2.45) is 5.73 Å². The van der Waals surface area contributed by atoms with Crippen LogP contribution in [-0.4, -0.2) is 29.8 Å². The number of nitrogens with zero attached hydrogens (tertiary/aromatic N) is 1. The van der Waals surface area contributed by atoms with Gasteiger partial charge in [-0.15, -0.1) is 0 Å². The largest absolute Gasteiger partial charge is 0.395 e. The van der Waals surface area contributed by atoms with E-state index in [-0.39, 0.29) is 17.4 Å². The van der Waals surface area contributed by atoms with Gasteiger partial charge in [0.2, 0.25) is 0 Å². The molecule has 5 heteroatoms. The van der Waals surface area contributed by atoms with Crippen molar-refractivity contribution < 1.29 is 9.50 Å². The number of thiocarbonyl (C=S) groups is 1. The first-order valence-electron chi connectivity index (χ1n) is 5.55. The first kappa shape index (κ1) is 13.9. The lowest BCUT2D eigenvalue weighted by Crippen LogP contribution is -2.28. The summed E-state index contributed by atoms with van der Waals surface area (Å²) < 4.78 is 13.9. The summed E-state index contributed by atoms with van der Waals surface area (Å²) in [5, 5.41) is 8.95. The molecule has 0 radical (unpaired) electrons. The normalized spacial score (nSPS) is 10.3. The van der Waals surface area contributed by atoms with E-state index in [0.29, 0.717) is 24.3 Å². The van der Waals surface area contributed by atoms with Crippen LogP contribution in [0.3, 0.4) is 0 Å². The Kier molecular flexibility index (Phi) is 5.31. The summed E-state index contributed by atoms with van der Waals surface area (Å²) >= 11 is 4.79. The van der Waals surface area contributed by atoms with E-state index in [1.165, 1.54) is 6.07 Å². The van der Waals surface area contributed by atoms with Gasteiger partial charge < -0.3 is 15.7 Å². The van der Waals surface area contributed by atoms with Crippen molar-refractivity contribution in [1.29, 1.82) is 0 Å². The molecule has 0 atom stereocenters. The van der Waals surface area contributed by atoms with Crippen molar-refractivity contribution in [3.8, 4) is 0 Å². The van der Waals surface area contributed by atoms with Gasteiger partial charge >= 0.3 is 0 Å². The van der Waals surface area contributed by atoms with Crippen molar-refractivity contribution in [2.45, 2.75) is 13.3 Å². The maximum atomic E-state index is 13.9. The molecular weight excluding hydrogens is 239 g/mol. The molecule has 3 nitrogen and oxygen atoms in total. The van der Waals surface area contributed by atoms with E-state index in [1.54, 1.807) is 17.0 Å². The molecule has 0 heterocycles. The summed E-state index contributed by atoms with van der Waals surface area (Å²) in [4.78, 5) is 1.98. The monoisotopic (exact) mass is 256 g/mol. The third-order valence-corrected chi connectivity index (χ3v) is 2.67. The third-order valence-electron chi connectivity index (χ3n) is 2.44. The number of rotatable bonds is 6. The van der Waals surface area contributed by atoms with E-state index in [0.717, 1.165) is 6.42 Å². The molecule has 1 aromatic carbocycles. The Hall–Kier alpha value is -1.20. The molecule has 0 saturated carbocycles. The molecule has 0 amide bonds. The minimum Gasteiger partial charge on any atom is -0.395 e. The van der Waals surface area contributed by atoms with Crippen molar-refractivity contribution in [1.82, 2.24) is 0 Å². The average Bonchev–Trinajstić information content (AvgIpc) is 2.28. The lowest BCUT2D eigenvalue weighted by atomic mass is 10.1. The predicted molar refractivity (Wildman–Crippen MR) is 71.9 cm³/mol. The average molecular weight is 256 g/mol. The van der Waals surface area contributed by atoms with E-state index in [1.807, 2.05) is 6.92 Å². The van der Waals surface area contributed by atoms with Gasteiger partial charge in [0.15, 0.2) is 0 Å². The molecule has 0 aliphatic rings. The van der Waals surface area contributed by atoms with Gasteiger partial charge in [0.1, 0.15) is 10.8 Å². The highest BCUT2D eigenvalue weighted by Gasteiger charge is 2.11. The SMILES string of the molecule is CCCN(CCO)c1ccc(C(N)=S)cc1F. The Bertz CT molecular complexity index is 392. The molecule has 0 aliphatic carbocycles. The van der Waals surface area contributed by atoms with Crippen LogP contribution in [0.1, 0.15) is 18.9 Å². The predicted octanol–water partition coefficient (Wildman–Crippen LogP) is 1.67. The second kappa shape index (κ2) is 6.51. The molecule has 94 valence electrons. The summed E-state index contributed by atoms with van der Waals surface area (Å²) in [5.74, 6) is -0.364. The number of aliphatic hydroxyl groups is 1. The Labute approximate surface area is 106 Å². The topological polar surface area (TPSA) is 49.5 Å². The number of hydrogen-bond donors (Lipinski definition) is 2. The zero-order valence-electron chi connectivity index (χ0n) is 9.82. The minimum absolute atomic E-state index is 0.00348. The number of nitrogens with two attached hydrogens (primary N) is 1. The molecule has 1 aromatic rings. The van der Waals surface area contributed by atoms with Gasteiger partial charge in [-0.25, -0.2) is 4.39 Å². The second-order valence-electron chi connectivity index (χ2n) is 3.74. The molecule has 0 unspecified atom stereocenters. The molecule has 17 heavy (non-hydrogen) atoms. The Morgan fingerprint density at radius 3 is 2.65 bits per heavy atom. The fourth-order valence-electron chi connectivity index (χ4n) is 1.66. The van der Waals surface area contributed by atoms with Gasteiger partial charge in [-0.2, -0.15) is 0 Å². The number of aliphatic hydroxyl groups excluding tert-OH is 1. The van der Waals surface area contributed by atoms with Crippen LogP contribution >= 0.6 is 12.2 Å². The fourth-order valence-corrected chi connectivity index (χ4v) is 1.79. The lowest BCUT2D eigenvalue weighted by molar-refractivity contribution is 0.301. The summed E-state index contributed by atoms with van der Waals surface area (Å²) in [6.45, 7) is 3.11. The molecule has 3 N–H and O–H groups in total. The summed E-state index contributed by atoms with van der Waals surface area (Å²) in [5.41, 5.74) is 6.43. The van der Waals surface area contributed by atoms with Crippen molar-refractivity contribution >= 4 is 22.9 Å². The van der Waals surface area contributed by atoms with Gasteiger partial charge in [-0.3, -0.25) is 0 Å². The van der Waals surface area contributed by atoms with E-state index < -0.39 is 0 Å². The van der Waals surface area contributed by atoms with Crippen LogP contribution in [0, 0.1) is 5.82 Å². The van der Waals surface area contributed by atoms with Crippen LogP contribution in [0.4, 0.5) is 10.1 Å². The molecule has 0 aromatic heterocycles. The van der Waals surface area contributed by atoms with E-state index >= 15 is 0 Å². The standard InChI is InChI=1S/C12H17FN2OS/c1-2-5-15(6-7-16)11-4-3-9(12(14)17)8-10(11)13/h3-4,8,16H,2,5-7H2,1H3,(H2,14,17). The third kappa shape index (κ3) is 3.64. The second-order valence-corrected chi connectivity index (χ2v) is 4.18. The van der Waals surface area contributed by atoms with Crippen LogP contribution in [0.5, 0.6) is 0 Å². The Morgan fingerprint density at radius 1 is 1.47 bits per heavy atom. The van der Waals surface area contributed by atoms with E-state index in [9.17, 15) is 4.39 Å².